The number of benzene rings is 1. The smallest absolute Gasteiger partial charge is 0.258 e. The van der Waals surface area contributed by atoms with Crippen LogP contribution in [0.15, 0.2) is 18.2 Å². The normalized spacial score (nSPS) is 23.5. The number of likely N-dealkylation sites (N-methyl/N-ethyl adjacent to an activating group) is 1. The molecule has 2 aliphatic rings. The molecule has 0 spiro atoms. The number of carbonyl (C=O) groups excluding carboxylic acids is 2. The minimum atomic E-state index is -0.300. The number of rotatable bonds is 6. The Balaban J connectivity index is 2.02. The number of aliphatic hydroxyl groups excluding tert-OH is 1. The lowest BCUT2D eigenvalue weighted by atomic mass is 9.99. The van der Waals surface area contributed by atoms with Crippen LogP contribution in [0.5, 0.6) is 5.75 Å². The number of aliphatic hydroxyl groups is 1. The summed E-state index contributed by atoms with van der Waals surface area (Å²) in [4.78, 5) is 29.4. The van der Waals surface area contributed by atoms with Gasteiger partial charge in [0.2, 0.25) is 5.91 Å². The zero-order valence-corrected chi connectivity index (χ0v) is 17.1. The van der Waals surface area contributed by atoms with E-state index in [-0.39, 0.29) is 42.4 Å². The van der Waals surface area contributed by atoms with Gasteiger partial charge in [-0.2, -0.15) is 0 Å². The molecule has 7 nitrogen and oxygen atoms in total. The number of hydrogen-bond acceptors (Lipinski definition) is 5. The van der Waals surface area contributed by atoms with Crippen molar-refractivity contribution in [2.75, 3.05) is 39.1 Å². The van der Waals surface area contributed by atoms with Gasteiger partial charge in [-0.05, 0) is 46.0 Å². The molecule has 0 radical (unpaired) electrons. The number of carbonyl (C=O) groups is 2. The zero-order valence-electron chi connectivity index (χ0n) is 17.1. The molecule has 1 aromatic rings. The number of nitrogens with zero attached hydrogens (tertiary/aromatic N) is 2. The second-order valence-electron chi connectivity index (χ2n) is 8.33. The molecule has 3 rings (SSSR count). The maximum Gasteiger partial charge on any atom is 0.258 e. The summed E-state index contributed by atoms with van der Waals surface area (Å²) in [5.41, 5.74) is 0.960. The average Bonchev–Trinajstić information content (AvgIpc) is 3.49. The van der Waals surface area contributed by atoms with Gasteiger partial charge in [0.1, 0.15) is 6.10 Å². The van der Waals surface area contributed by atoms with Crippen molar-refractivity contribution in [1.29, 1.82) is 0 Å². The van der Waals surface area contributed by atoms with Crippen LogP contribution in [0.2, 0.25) is 0 Å². The molecule has 1 aliphatic carbocycles. The van der Waals surface area contributed by atoms with Crippen LogP contribution in [0.3, 0.4) is 0 Å². The van der Waals surface area contributed by atoms with E-state index in [0.717, 1.165) is 12.8 Å². The molecule has 2 amide bonds. The van der Waals surface area contributed by atoms with Crippen LogP contribution in [0.4, 0.5) is 5.69 Å². The predicted molar refractivity (Wildman–Crippen MR) is 108 cm³/mol. The van der Waals surface area contributed by atoms with Crippen molar-refractivity contribution in [3.8, 4) is 5.75 Å². The molecule has 1 saturated carbocycles. The monoisotopic (exact) mass is 389 g/mol. The molecule has 0 bridgehead atoms. The van der Waals surface area contributed by atoms with E-state index in [2.05, 4.69) is 17.1 Å². The molecular weight excluding hydrogens is 358 g/mol. The van der Waals surface area contributed by atoms with Crippen LogP contribution in [0, 0.1) is 11.8 Å². The molecule has 1 aliphatic heterocycles. The van der Waals surface area contributed by atoms with Gasteiger partial charge in [-0.3, -0.25) is 9.59 Å². The van der Waals surface area contributed by atoms with E-state index in [1.807, 2.05) is 21.0 Å². The molecule has 1 fully saturated rings. The van der Waals surface area contributed by atoms with E-state index in [1.54, 1.807) is 23.1 Å². The van der Waals surface area contributed by atoms with Gasteiger partial charge >= 0.3 is 0 Å². The quantitative estimate of drug-likeness (QED) is 0.776. The number of fused-ring (bicyclic) bond motifs is 1. The first-order valence-corrected chi connectivity index (χ1v) is 9.98. The second kappa shape index (κ2) is 8.49. The lowest BCUT2D eigenvalue weighted by Gasteiger charge is -2.38. The number of ether oxygens (including phenoxy) is 1. The van der Waals surface area contributed by atoms with Crippen LogP contribution in [0.25, 0.3) is 0 Å². The Morgan fingerprint density at radius 2 is 2.11 bits per heavy atom. The standard InChI is InChI=1S/C21H31N3O4/c1-13-10-24(14(2)12-25)21(27)16-6-5-7-17(22-20(26)15-8-9-15)19(16)28-18(13)11-23(3)4/h5-7,13-15,18,25H,8-12H2,1-4H3,(H,22,26)/t13-,14+,18+/m0/s1. The molecule has 3 atom stereocenters. The van der Waals surface area contributed by atoms with E-state index >= 15 is 0 Å². The summed E-state index contributed by atoms with van der Waals surface area (Å²) in [5, 5.41) is 12.6. The van der Waals surface area contributed by atoms with Crippen molar-refractivity contribution in [2.24, 2.45) is 11.8 Å². The SMILES string of the molecule is C[C@H](CO)N1C[C@H](C)[C@@H](CN(C)C)Oc2c(NC(=O)C3CC3)cccc2C1=O. The van der Waals surface area contributed by atoms with Gasteiger partial charge in [0.15, 0.2) is 5.75 Å². The van der Waals surface area contributed by atoms with Gasteiger partial charge in [-0.25, -0.2) is 0 Å². The molecule has 0 saturated heterocycles. The Kier molecular flexibility index (Phi) is 6.25. The van der Waals surface area contributed by atoms with Gasteiger partial charge in [0.05, 0.1) is 23.9 Å². The summed E-state index contributed by atoms with van der Waals surface area (Å²) in [5.74, 6) is 0.330. The van der Waals surface area contributed by atoms with E-state index < -0.39 is 0 Å². The molecule has 154 valence electrons. The summed E-state index contributed by atoms with van der Waals surface area (Å²) in [6.45, 7) is 4.96. The molecule has 0 aromatic heterocycles. The van der Waals surface area contributed by atoms with E-state index in [1.165, 1.54) is 0 Å². The maximum absolute atomic E-state index is 13.3. The Morgan fingerprint density at radius 3 is 2.71 bits per heavy atom. The Hall–Kier alpha value is -2.12. The highest BCUT2D eigenvalue weighted by Gasteiger charge is 2.35. The van der Waals surface area contributed by atoms with Crippen molar-refractivity contribution >= 4 is 17.5 Å². The van der Waals surface area contributed by atoms with Crippen molar-refractivity contribution < 1.29 is 19.4 Å². The van der Waals surface area contributed by atoms with Crippen LogP contribution in [-0.4, -0.2) is 72.7 Å². The summed E-state index contributed by atoms with van der Waals surface area (Å²) < 4.78 is 6.36. The second-order valence-corrected chi connectivity index (χ2v) is 8.33. The van der Waals surface area contributed by atoms with E-state index in [4.69, 9.17) is 4.74 Å². The van der Waals surface area contributed by atoms with Crippen molar-refractivity contribution in [1.82, 2.24) is 9.80 Å². The highest BCUT2D eigenvalue weighted by Crippen LogP contribution is 2.37. The minimum absolute atomic E-state index is 0.0238. The van der Waals surface area contributed by atoms with Gasteiger partial charge in [0.25, 0.3) is 5.91 Å². The number of amides is 2. The van der Waals surface area contributed by atoms with Gasteiger partial charge in [0, 0.05) is 24.9 Å². The van der Waals surface area contributed by atoms with Gasteiger partial charge < -0.3 is 25.0 Å². The van der Waals surface area contributed by atoms with Crippen molar-refractivity contribution in [2.45, 2.75) is 38.8 Å². The fourth-order valence-electron chi connectivity index (χ4n) is 3.50. The summed E-state index contributed by atoms with van der Waals surface area (Å²) in [6.07, 6.45) is 1.65. The fraction of sp³-hybridized carbons (Fsp3) is 0.619. The first-order valence-electron chi connectivity index (χ1n) is 9.98. The van der Waals surface area contributed by atoms with Crippen LogP contribution in [0.1, 0.15) is 37.0 Å². The Labute approximate surface area is 166 Å². The fourth-order valence-corrected chi connectivity index (χ4v) is 3.50. The van der Waals surface area contributed by atoms with E-state index in [0.29, 0.717) is 30.1 Å². The number of hydrogen-bond donors (Lipinski definition) is 2. The number of para-hydroxylation sites is 1. The zero-order chi connectivity index (χ0) is 20.4. The predicted octanol–water partition coefficient (Wildman–Crippen LogP) is 1.82. The third kappa shape index (κ3) is 4.47. The largest absolute Gasteiger partial charge is 0.486 e. The summed E-state index contributed by atoms with van der Waals surface area (Å²) in [7, 11) is 3.96. The van der Waals surface area contributed by atoms with Crippen LogP contribution in [-0.2, 0) is 4.79 Å². The molecule has 28 heavy (non-hydrogen) atoms. The highest BCUT2D eigenvalue weighted by atomic mass is 16.5. The van der Waals surface area contributed by atoms with Gasteiger partial charge in [-0.15, -0.1) is 0 Å². The number of anilines is 1. The average molecular weight is 389 g/mol. The Bertz CT molecular complexity index is 732. The molecule has 2 N–H and O–H groups in total. The third-order valence-corrected chi connectivity index (χ3v) is 5.44. The van der Waals surface area contributed by atoms with Crippen molar-refractivity contribution in [3.05, 3.63) is 23.8 Å². The van der Waals surface area contributed by atoms with E-state index in [9.17, 15) is 14.7 Å². The molecule has 0 unspecified atom stereocenters. The highest BCUT2D eigenvalue weighted by molar-refractivity contribution is 6.02. The molecule has 1 aromatic carbocycles. The lowest BCUT2D eigenvalue weighted by Crippen LogP contribution is -2.49. The topological polar surface area (TPSA) is 82.1 Å². The molecule has 1 heterocycles. The summed E-state index contributed by atoms with van der Waals surface area (Å²) >= 11 is 0. The maximum atomic E-state index is 13.3. The van der Waals surface area contributed by atoms with Crippen LogP contribution >= 0.6 is 0 Å². The van der Waals surface area contributed by atoms with Crippen molar-refractivity contribution in [3.63, 3.8) is 0 Å². The first-order chi connectivity index (χ1) is 13.3. The summed E-state index contributed by atoms with van der Waals surface area (Å²) in [6, 6.07) is 4.97. The lowest BCUT2D eigenvalue weighted by molar-refractivity contribution is -0.117. The Morgan fingerprint density at radius 1 is 1.39 bits per heavy atom. The molecule has 7 heteroatoms. The van der Waals surface area contributed by atoms with Gasteiger partial charge in [-0.1, -0.05) is 13.0 Å². The number of nitrogens with one attached hydrogen (secondary N) is 1. The molecular formula is C21H31N3O4. The minimum Gasteiger partial charge on any atom is -0.486 e. The van der Waals surface area contributed by atoms with Crippen LogP contribution < -0.4 is 10.1 Å². The third-order valence-electron chi connectivity index (χ3n) is 5.44. The first kappa shape index (κ1) is 20.6.